The molecule has 0 bridgehead atoms. The minimum atomic E-state index is -3.34. The van der Waals surface area contributed by atoms with E-state index >= 15 is 0 Å². The van der Waals surface area contributed by atoms with Crippen molar-refractivity contribution in [3.63, 3.8) is 0 Å². The Kier molecular flexibility index (Phi) is 5.04. The van der Waals surface area contributed by atoms with Crippen LogP contribution in [0.25, 0.3) is 0 Å². The van der Waals surface area contributed by atoms with E-state index in [4.69, 9.17) is 11.6 Å². The van der Waals surface area contributed by atoms with Crippen molar-refractivity contribution in [1.29, 1.82) is 0 Å². The molecule has 0 aliphatic heterocycles. The molecule has 0 saturated carbocycles. The molecule has 0 spiro atoms. The van der Waals surface area contributed by atoms with Gasteiger partial charge in [0.15, 0.2) is 0 Å². The Labute approximate surface area is 131 Å². The van der Waals surface area contributed by atoms with Gasteiger partial charge in [-0.05, 0) is 30.2 Å². The maximum absolute atomic E-state index is 12.3. The molecule has 0 unspecified atom stereocenters. The van der Waals surface area contributed by atoms with Crippen molar-refractivity contribution in [2.45, 2.75) is 19.2 Å². The lowest BCUT2D eigenvalue weighted by atomic mass is 10.1. The topological polar surface area (TPSA) is 37.4 Å². The molecule has 112 valence electrons. The average molecular weight is 324 g/mol. The van der Waals surface area contributed by atoms with E-state index < -0.39 is 10.0 Å². The van der Waals surface area contributed by atoms with E-state index in [0.717, 1.165) is 16.7 Å². The van der Waals surface area contributed by atoms with Crippen LogP contribution >= 0.6 is 11.6 Å². The van der Waals surface area contributed by atoms with E-state index in [0.29, 0.717) is 11.6 Å². The van der Waals surface area contributed by atoms with Crippen molar-refractivity contribution < 1.29 is 8.42 Å². The number of nitrogens with zero attached hydrogens (tertiary/aromatic N) is 1. The largest absolute Gasteiger partial charge is 0.218 e. The van der Waals surface area contributed by atoms with Crippen LogP contribution in [-0.4, -0.2) is 19.8 Å². The molecule has 0 N–H and O–H groups in total. The van der Waals surface area contributed by atoms with Crippen LogP contribution in [0.5, 0.6) is 0 Å². The molecule has 0 aliphatic carbocycles. The van der Waals surface area contributed by atoms with Crippen molar-refractivity contribution in [2.75, 3.05) is 7.05 Å². The molecule has 0 saturated heterocycles. The van der Waals surface area contributed by atoms with E-state index in [2.05, 4.69) is 0 Å². The number of aryl methyl sites for hydroxylation is 1. The highest BCUT2D eigenvalue weighted by Gasteiger charge is 2.18. The number of halogens is 1. The van der Waals surface area contributed by atoms with Crippen LogP contribution in [0.2, 0.25) is 5.02 Å². The molecule has 0 fully saturated rings. The Morgan fingerprint density at radius 2 is 1.48 bits per heavy atom. The molecule has 21 heavy (non-hydrogen) atoms. The summed E-state index contributed by atoms with van der Waals surface area (Å²) in [7, 11) is -1.74. The predicted octanol–water partition coefficient (Wildman–Crippen LogP) is 3.61. The normalized spacial score (nSPS) is 11.8. The Morgan fingerprint density at radius 3 is 2.05 bits per heavy atom. The van der Waals surface area contributed by atoms with Gasteiger partial charge in [0, 0.05) is 18.6 Å². The SMILES string of the molecule is Cc1ccc(CN(C)S(=O)(=O)Cc2ccc(Cl)cc2)cc1. The quantitative estimate of drug-likeness (QED) is 0.843. The first kappa shape index (κ1) is 16.0. The average Bonchev–Trinajstić information content (AvgIpc) is 2.43. The summed E-state index contributed by atoms with van der Waals surface area (Å²) in [5.41, 5.74) is 2.86. The molecular weight excluding hydrogens is 306 g/mol. The fourth-order valence-corrected chi connectivity index (χ4v) is 3.26. The van der Waals surface area contributed by atoms with Gasteiger partial charge in [-0.3, -0.25) is 0 Å². The lowest BCUT2D eigenvalue weighted by molar-refractivity contribution is 0.466. The predicted molar refractivity (Wildman–Crippen MR) is 86.7 cm³/mol. The standard InChI is InChI=1S/C16H18ClNO2S/c1-13-3-5-14(6-4-13)11-18(2)21(19,20)12-15-7-9-16(17)10-8-15/h3-10H,11-12H2,1-2H3. The monoisotopic (exact) mass is 323 g/mol. The molecule has 0 amide bonds. The van der Waals surface area contributed by atoms with Gasteiger partial charge in [0.05, 0.1) is 5.75 Å². The summed E-state index contributed by atoms with van der Waals surface area (Å²) in [5.74, 6) is -0.0213. The van der Waals surface area contributed by atoms with Crippen LogP contribution in [0.15, 0.2) is 48.5 Å². The minimum absolute atomic E-state index is 0.0213. The van der Waals surface area contributed by atoms with Gasteiger partial charge in [-0.25, -0.2) is 12.7 Å². The second-order valence-electron chi connectivity index (χ2n) is 5.12. The lowest BCUT2D eigenvalue weighted by Crippen LogP contribution is -2.27. The van der Waals surface area contributed by atoms with Crippen molar-refractivity contribution >= 4 is 21.6 Å². The molecule has 5 heteroatoms. The molecule has 2 aromatic rings. The molecule has 2 rings (SSSR count). The highest BCUT2D eigenvalue weighted by Crippen LogP contribution is 2.15. The van der Waals surface area contributed by atoms with E-state index in [1.807, 2.05) is 31.2 Å². The summed E-state index contributed by atoms with van der Waals surface area (Å²) in [6, 6.07) is 14.7. The van der Waals surface area contributed by atoms with Gasteiger partial charge in [-0.15, -0.1) is 0 Å². The third-order valence-corrected chi connectivity index (χ3v) is 5.29. The summed E-state index contributed by atoms with van der Waals surface area (Å²) in [5, 5.41) is 0.601. The lowest BCUT2D eigenvalue weighted by Gasteiger charge is -2.17. The Hall–Kier alpha value is -1.36. The third kappa shape index (κ3) is 4.56. The van der Waals surface area contributed by atoms with Gasteiger partial charge in [0.25, 0.3) is 0 Å². The summed E-state index contributed by atoms with van der Waals surface area (Å²) in [6.07, 6.45) is 0. The van der Waals surface area contributed by atoms with E-state index in [9.17, 15) is 8.42 Å². The maximum atomic E-state index is 12.3. The molecule has 0 aromatic heterocycles. The van der Waals surface area contributed by atoms with Gasteiger partial charge in [-0.1, -0.05) is 53.6 Å². The maximum Gasteiger partial charge on any atom is 0.218 e. The number of hydrogen-bond donors (Lipinski definition) is 0. The van der Waals surface area contributed by atoms with E-state index in [-0.39, 0.29) is 5.75 Å². The third-order valence-electron chi connectivity index (χ3n) is 3.26. The van der Waals surface area contributed by atoms with Crippen LogP contribution in [0, 0.1) is 6.92 Å². The summed E-state index contributed by atoms with van der Waals surface area (Å²) in [4.78, 5) is 0. The molecule has 3 nitrogen and oxygen atoms in total. The van der Waals surface area contributed by atoms with Crippen LogP contribution < -0.4 is 0 Å². The first-order valence-corrected chi connectivity index (χ1v) is 8.59. The molecule has 2 aromatic carbocycles. The zero-order valence-electron chi connectivity index (χ0n) is 12.1. The van der Waals surface area contributed by atoms with Crippen molar-refractivity contribution in [3.05, 3.63) is 70.2 Å². The number of sulfonamides is 1. The van der Waals surface area contributed by atoms with Crippen molar-refractivity contribution in [3.8, 4) is 0 Å². The molecular formula is C16H18ClNO2S. The first-order chi connectivity index (χ1) is 9.87. The van der Waals surface area contributed by atoms with Gasteiger partial charge < -0.3 is 0 Å². The van der Waals surface area contributed by atoms with Crippen LogP contribution in [0.1, 0.15) is 16.7 Å². The second-order valence-corrected chi connectivity index (χ2v) is 7.64. The summed E-state index contributed by atoms with van der Waals surface area (Å²) >= 11 is 5.81. The summed E-state index contributed by atoms with van der Waals surface area (Å²) in [6.45, 7) is 2.38. The van der Waals surface area contributed by atoms with Crippen LogP contribution in [0.3, 0.4) is 0 Å². The molecule has 0 aliphatic rings. The molecule has 0 heterocycles. The Bertz CT molecular complexity index is 694. The van der Waals surface area contributed by atoms with Gasteiger partial charge >= 0.3 is 0 Å². The van der Waals surface area contributed by atoms with Gasteiger partial charge in [-0.2, -0.15) is 0 Å². The first-order valence-electron chi connectivity index (χ1n) is 6.61. The minimum Gasteiger partial charge on any atom is -0.212 e. The van der Waals surface area contributed by atoms with Crippen molar-refractivity contribution in [2.24, 2.45) is 0 Å². The van der Waals surface area contributed by atoms with Gasteiger partial charge in [0.1, 0.15) is 0 Å². The van der Waals surface area contributed by atoms with E-state index in [1.165, 1.54) is 4.31 Å². The zero-order chi connectivity index (χ0) is 15.5. The second kappa shape index (κ2) is 6.60. The Morgan fingerprint density at radius 1 is 0.952 bits per heavy atom. The zero-order valence-corrected chi connectivity index (χ0v) is 13.7. The van der Waals surface area contributed by atoms with Crippen molar-refractivity contribution in [1.82, 2.24) is 4.31 Å². The van der Waals surface area contributed by atoms with Crippen LogP contribution in [0.4, 0.5) is 0 Å². The fraction of sp³-hybridized carbons (Fsp3) is 0.250. The smallest absolute Gasteiger partial charge is 0.212 e. The molecule has 0 atom stereocenters. The Balaban J connectivity index is 2.07. The number of rotatable bonds is 5. The fourth-order valence-electron chi connectivity index (χ4n) is 1.95. The van der Waals surface area contributed by atoms with Crippen LogP contribution in [-0.2, 0) is 22.3 Å². The number of hydrogen-bond acceptors (Lipinski definition) is 2. The molecule has 0 radical (unpaired) electrons. The number of benzene rings is 2. The highest BCUT2D eigenvalue weighted by molar-refractivity contribution is 7.88. The van der Waals surface area contributed by atoms with Gasteiger partial charge in [0.2, 0.25) is 10.0 Å². The summed E-state index contributed by atoms with van der Waals surface area (Å²) < 4.78 is 26.1. The van der Waals surface area contributed by atoms with E-state index in [1.54, 1.807) is 31.3 Å². The highest BCUT2D eigenvalue weighted by atomic mass is 35.5.